The molecule has 0 aromatic carbocycles. The van der Waals surface area contributed by atoms with E-state index in [0.717, 1.165) is 32.1 Å². The minimum absolute atomic E-state index is 0.0215. The number of allylic oxidation sites excluding steroid dienone is 22. The van der Waals surface area contributed by atoms with Crippen LogP contribution in [0.2, 0.25) is 0 Å². The van der Waals surface area contributed by atoms with Crippen molar-refractivity contribution in [2.45, 2.75) is 269 Å². The molecular weight excluding hydrogens is 893 g/mol. The molecule has 0 atom stereocenters. The highest BCUT2D eigenvalue weighted by Crippen LogP contribution is 2.28. The van der Waals surface area contributed by atoms with Crippen molar-refractivity contribution in [1.29, 1.82) is 0 Å². The van der Waals surface area contributed by atoms with Crippen LogP contribution in [0, 0.1) is 0 Å². The number of carbonyl (C=O) groups is 2. The molecule has 410 valence electrons. The Bertz CT molecular complexity index is 2020. The van der Waals surface area contributed by atoms with Crippen molar-refractivity contribution >= 4 is 11.6 Å². The van der Waals surface area contributed by atoms with E-state index >= 15 is 0 Å². The van der Waals surface area contributed by atoms with Gasteiger partial charge in [0.25, 0.3) is 0 Å². The molecule has 0 amide bonds. The minimum Gasteiger partial charge on any atom is -0.392 e. The first-order valence-electron chi connectivity index (χ1n) is 29.3. The van der Waals surface area contributed by atoms with Gasteiger partial charge in [0.1, 0.15) is 0 Å². The molecule has 0 fully saturated rings. The third-order valence-electron chi connectivity index (χ3n) is 14.9. The first-order chi connectivity index (χ1) is 35.0. The van der Waals surface area contributed by atoms with Crippen molar-refractivity contribution in [1.82, 2.24) is 0 Å². The molecule has 73 heavy (non-hydrogen) atoms. The van der Waals surface area contributed by atoms with E-state index in [1.54, 1.807) is 34.8 Å². The van der Waals surface area contributed by atoms with Gasteiger partial charge in [-0.25, -0.2) is 0 Å². The molecule has 0 saturated carbocycles. The molecule has 1 aliphatic rings. The van der Waals surface area contributed by atoms with Crippen LogP contribution in [0.1, 0.15) is 269 Å². The van der Waals surface area contributed by atoms with E-state index in [9.17, 15) is 19.8 Å². The van der Waals surface area contributed by atoms with Gasteiger partial charge in [-0.05, 0) is 262 Å². The monoisotopic (exact) mass is 1000 g/mol. The van der Waals surface area contributed by atoms with Gasteiger partial charge in [-0.15, -0.1) is 0 Å². The molecule has 1 rings (SSSR count). The summed E-state index contributed by atoms with van der Waals surface area (Å²) >= 11 is 0. The number of carbonyl (C=O) groups excluding carboxylic acids is 2. The van der Waals surface area contributed by atoms with Gasteiger partial charge in [0.05, 0.1) is 13.2 Å². The standard InChI is InChI=1S/C69H110O4/c1-13-54(2)32-14-15-33-55(3)34-16-17-35-56(4)36-18-19-37-57(5)38-20-21-39-58(6)40-22-23-41-59(7)42-24-25-43-60(8)44-26-27-45-61(9)46-28-29-47-62(10)48-30-31-49-63(11)50-51-65-64(12)68(72)66(52-70)67(53-71)69(65)73/h32,34,36,38,40,42,44,46,48,50,70-71H,13-31,33,35,37,39,41,43,45,47,49,51-53H2,1-12H3/b54-32+,55-34+,56-36+,57-38+,58-40+,59-42+,60-44+,61-46+,62-48+,63-50+. The summed E-state index contributed by atoms with van der Waals surface area (Å²) < 4.78 is 0. The lowest BCUT2D eigenvalue weighted by atomic mass is 9.83. The highest BCUT2D eigenvalue weighted by molar-refractivity contribution is 6.25. The summed E-state index contributed by atoms with van der Waals surface area (Å²) in [7, 11) is 0. The Balaban J connectivity index is 2.15. The van der Waals surface area contributed by atoms with E-state index in [2.05, 4.69) is 131 Å². The molecule has 4 nitrogen and oxygen atoms in total. The lowest BCUT2D eigenvalue weighted by molar-refractivity contribution is -0.117. The summed E-state index contributed by atoms with van der Waals surface area (Å²) in [5, 5.41) is 19.1. The van der Waals surface area contributed by atoms with E-state index in [1.807, 2.05) is 6.08 Å². The van der Waals surface area contributed by atoms with Crippen molar-refractivity contribution in [3.05, 3.63) is 139 Å². The quantitative estimate of drug-likeness (QED) is 0.0364. The van der Waals surface area contributed by atoms with Crippen LogP contribution in [0.15, 0.2) is 139 Å². The van der Waals surface area contributed by atoms with E-state index in [1.165, 1.54) is 176 Å². The average Bonchev–Trinajstić information content (AvgIpc) is 3.36. The fourth-order valence-corrected chi connectivity index (χ4v) is 9.47. The van der Waals surface area contributed by atoms with Crippen LogP contribution in [-0.2, 0) is 9.59 Å². The summed E-state index contributed by atoms with van der Waals surface area (Å²) in [5.41, 5.74) is 15.9. The van der Waals surface area contributed by atoms with Gasteiger partial charge in [0, 0.05) is 22.3 Å². The van der Waals surface area contributed by atoms with Gasteiger partial charge in [-0.3, -0.25) is 9.59 Å². The van der Waals surface area contributed by atoms with Crippen LogP contribution in [0.3, 0.4) is 0 Å². The molecule has 0 radical (unpaired) electrons. The first-order valence-corrected chi connectivity index (χ1v) is 29.3. The van der Waals surface area contributed by atoms with Gasteiger partial charge in [-0.1, -0.05) is 123 Å². The molecule has 0 saturated heterocycles. The zero-order valence-corrected chi connectivity index (χ0v) is 49.4. The van der Waals surface area contributed by atoms with E-state index in [0.29, 0.717) is 17.6 Å². The maximum absolute atomic E-state index is 12.8. The Morgan fingerprint density at radius 1 is 0.315 bits per heavy atom. The fraction of sp³-hybridized carbons (Fsp3) is 0.623. The summed E-state index contributed by atoms with van der Waals surface area (Å²) in [4.78, 5) is 25.4. The molecule has 0 aliphatic heterocycles. The molecule has 1 aliphatic carbocycles. The maximum Gasteiger partial charge on any atom is 0.188 e. The molecule has 4 heteroatoms. The third kappa shape index (κ3) is 33.6. The molecule has 2 N–H and O–H groups in total. The largest absolute Gasteiger partial charge is 0.392 e. The Morgan fingerprint density at radius 3 is 0.740 bits per heavy atom. The Kier molecular flexibility index (Phi) is 39.0. The number of hydrogen-bond donors (Lipinski definition) is 2. The summed E-state index contributed by atoms with van der Waals surface area (Å²) in [5.74, 6) is -0.663. The van der Waals surface area contributed by atoms with Crippen molar-refractivity contribution in [3.63, 3.8) is 0 Å². The van der Waals surface area contributed by atoms with Gasteiger partial charge >= 0.3 is 0 Å². The van der Waals surface area contributed by atoms with Crippen molar-refractivity contribution < 1.29 is 19.8 Å². The van der Waals surface area contributed by atoms with E-state index < -0.39 is 13.2 Å². The summed E-state index contributed by atoms with van der Waals surface area (Å²) in [6, 6.07) is 0. The first kappa shape index (κ1) is 67.2. The highest BCUT2D eigenvalue weighted by atomic mass is 16.3. The molecule has 0 heterocycles. The SMILES string of the molecule is CC/C(C)=C/CCC/C(C)=C/CCC/C(C)=C/CCC/C(C)=C/CCC/C(C)=C/CCC/C(C)=C/CCC/C(C)=C/CCC/C(C)=C/CCC/C(C)=C/CCC/C(C)=C/CC1=C(C)C(=O)C(CO)=C(CO)C1=O. The average molecular weight is 1000 g/mol. The summed E-state index contributed by atoms with van der Waals surface area (Å²) in [6.07, 6.45) is 57.9. The number of Topliss-reactive ketones (excluding diaryl/α,β-unsaturated/α-hetero) is 2. The number of hydrogen-bond acceptors (Lipinski definition) is 4. The van der Waals surface area contributed by atoms with E-state index in [4.69, 9.17) is 0 Å². The van der Waals surface area contributed by atoms with Crippen LogP contribution in [0.4, 0.5) is 0 Å². The van der Waals surface area contributed by atoms with Crippen LogP contribution in [-0.4, -0.2) is 35.0 Å². The van der Waals surface area contributed by atoms with Crippen LogP contribution in [0.25, 0.3) is 0 Å². The van der Waals surface area contributed by atoms with Crippen molar-refractivity contribution in [2.75, 3.05) is 13.2 Å². The lowest BCUT2D eigenvalue weighted by Gasteiger charge is -2.20. The van der Waals surface area contributed by atoms with Gasteiger partial charge in [0.2, 0.25) is 0 Å². The second-order valence-electron chi connectivity index (χ2n) is 22.1. The highest BCUT2D eigenvalue weighted by Gasteiger charge is 2.30. The van der Waals surface area contributed by atoms with Gasteiger partial charge in [0.15, 0.2) is 11.6 Å². The normalized spacial score (nSPS) is 15.8. The molecular formula is C69H110O4. The number of aliphatic hydroxyl groups excluding tert-OH is 2. The van der Waals surface area contributed by atoms with Crippen LogP contribution < -0.4 is 0 Å². The smallest absolute Gasteiger partial charge is 0.188 e. The third-order valence-corrected chi connectivity index (χ3v) is 14.9. The second-order valence-corrected chi connectivity index (χ2v) is 22.1. The molecule has 0 bridgehead atoms. The number of rotatable bonds is 41. The lowest BCUT2D eigenvalue weighted by Crippen LogP contribution is -2.26. The predicted molar refractivity (Wildman–Crippen MR) is 321 cm³/mol. The Morgan fingerprint density at radius 2 is 0.521 bits per heavy atom. The van der Waals surface area contributed by atoms with Crippen LogP contribution >= 0.6 is 0 Å². The van der Waals surface area contributed by atoms with Gasteiger partial charge in [-0.2, -0.15) is 0 Å². The Labute approximate surface area is 450 Å². The molecule has 0 unspecified atom stereocenters. The molecule has 0 aromatic rings. The number of aliphatic hydroxyl groups is 2. The van der Waals surface area contributed by atoms with Crippen molar-refractivity contribution in [3.8, 4) is 0 Å². The van der Waals surface area contributed by atoms with Gasteiger partial charge < -0.3 is 10.2 Å². The second kappa shape index (κ2) is 42.4. The maximum atomic E-state index is 12.8. The predicted octanol–water partition coefficient (Wildman–Crippen LogP) is 20.5. The topological polar surface area (TPSA) is 74.6 Å². The fourth-order valence-electron chi connectivity index (χ4n) is 9.47. The zero-order valence-electron chi connectivity index (χ0n) is 49.4. The Hall–Kier alpha value is -3.86. The molecule has 0 spiro atoms. The molecule has 0 aromatic heterocycles. The minimum atomic E-state index is -0.534. The van der Waals surface area contributed by atoms with E-state index in [-0.39, 0.29) is 22.7 Å². The van der Waals surface area contributed by atoms with Crippen LogP contribution in [0.5, 0.6) is 0 Å². The van der Waals surface area contributed by atoms with Crippen molar-refractivity contribution in [2.24, 2.45) is 0 Å². The number of ketones is 2. The zero-order chi connectivity index (χ0) is 54.2. The number of unbranched alkanes of at least 4 members (excludes halogenated alkanes) is 9. The summed E-state index contributed by atoms with van der Waals surface area (Å²) in [6.45, 7) is 25.6.